The number of nitrogens with zero attached hydrogens (tertiary/aromatic N) is 2. The Morgan fingerprint density at radius 3 is 1.79 bits per heavy atom. The number of sulfonamides is 2. The average Bonchev–Trinajstić information content (AvgIpc) is 2.86. The van der Waals surface area contributed by atoms with E-state index in [-0.39, 0.29) is 0 Å². The standard InChI is InChI=1S/C7H8NS.C2F6NO4S2/c1-2-3-4-8-5-6-9-7-8;3-1(4,5)14(10,11)9-15(12,13)2(6,7)8/h5-7H,2H2,1H3;/q+1;-1. The number of halogens is 6. The summed E-state index contributed by atoms with van der Waals surface area (Å²) in [6.45, 7) is 2.04. The molecule has 0 saturated heterocycles. The van der Waals surface area contributed by atoms with Crippen molar-refractivity contribution in [3.05, 3.63) is 21.2 Å². The highest BCUT2D eigenvalue weighted by atomic mass is 32.3. The van der Waals surface area contributed by atoms with Crippen molar-refractivity contribution in [2.45, 2.75) is 24.4 Å². The van der Waals surface area contributed by atoms with E-state index in [1.165, 1.54) is 0 Å². The van der Waals surface area contributed by atoms with Crippen LogP contribution in [-0.4, -0.2) is 27.9 Å². The third-order valence-electron chi connectivity index (χ3n) is 1.64. The van der Waals surface area contributed by atoms with Crippen LogP contribution in [0.25, 0.3) is 4.13 Å². The summed E-state index contributed by atoms with van der Waals surface area (Å²) in [4.78, 5) is 0. The highest BCUT2D eigenvalue weighted by Crippen LogP contribution is 2.36. The van der Waals surface area contributed by atoms with Gasteiger partial charge in [0.1, 0.15) is 0 Å². The minimum Gasteiger partial charge on any atom is -0.421 e. The summed E-state index contributed by atoms with van der Waals surface area (Å²) in [6.07, 6.45) is 2.87. The second-order valence-electron chi connectivity index (χ2n) is 3.49. The van der Waals surface area contributed by atoms with E-state index >= 15 is 0 Å². The predicted molar refractivity (Wildman–Crippen MR) is 71.3 cm³/mol. The number of rotatable bonds is 2. The summed E-state index contributed by atoms with van der Waals surface area (Å²) < 4.78 is 111. The second-order valence-corrected chi connectivity index (χ2v) is 7.67. The van der Waals surface area contributed by atoms with Crippen LogP contribution in [-0.2, 0) is 20.0 Å². The van der Waals surface area contributed by atoms with Crippen LogP contribution in [0, 0.1) is 12.0 Å². The highest BCUT2D eigenvalue weighted by Gasteiger charge is 2.46. The van der Waals surface area contributed by atoms with Crippen molar-refractivity contribution in [3.8, 4) is 12.0 Å². The maximum absolute atomic E-state index is 11.4. The molecule has 1 rings (SSSR count). The number of hydrogen-bond donors (Lipinski definition) is 0. The van der Waals surface area contributed by atoms with Gasteiger partial charge in [-0.3, -0.25) is 0 Å². The molecule has 0 spiro atoms. The molecule has 0 aliphatic carbocycles. The van der Waals surface area contributed by atoms with Crippen LogP contribution in [0.2, 0.25) is 0 Å². The molecule has 0 aliphatic rings. The SMILES string of the molecule is CCC#C[n+]1ccsc1.O=S(=O)([N-]S(=O)(=O)C(F)(F)F)C(F)(F)F. The first-order chi connectivity index (χ1) is 10.6. The molecule has 0 bridgehead atoms. The van der Waals surface area contributed by atoms with Crippen molar-refractivity contribution in [2.75, 3.05) is 0 Å². The summed E-state index contributed by atoms with van der Waals surface area (Å²) in [5, 5.41) is 2.00. The molecule has 0 amide bonds. The lowest BCUT2D eigenvalue weighted by Crippen LogP contribution is -2.30. The van der Waals surface area contributed by atoms with E-state index in [1.807, 2.05) is 28.6 Å². The Balaban J connectivity index is 0.000000496. The zero-order valence-corrected chi connectivity index (χ0v) is 13.9. The molecule has 0 radical (unpaired) electrons. The first kappa shape index (κ1) is 22.6. The molecule has 24 heavy (non-hydrogen) atoms. The molecule has 0 N–H and O–H groups in total. The Kier molecular flexibility index (Phi) is 7.67. The van der Waals surface area contributed by atoms with Crippen LogP contribution in [0.15, 0.2) is 17.1 Å². The molecule has 0 atom stereocenters. The molecule has 138 valence electrons. The van der Waals surface area contributed by atoms with Crippen LogP contribution in [0.5, 0.6) is 0 Å². The van der Waals surface area contributed by atoms with E-state index in [0.717, 1.165) is 10.5 Å². The van der Waals surface area contributed by atoms with Gasteiger partial charge in [0.05, 0.1) is 5.38 Å². The van der Waals surface area contributed by atoms with Gasteiger partial charge in [-0.2, -0.15) is 26.3 Å². The van der Waals surface area contributed by atoms with Crippen LogP contribution < -0.4 is 4.57 Å². The molecular formula is C9H8F6N2O4S3. The molecular weight excluding hydrogens is 410 g/mol. The molecule has 0 fully saturated rings. The molecule has 0 aliphatic heterocycles. The van der Waals surface area contributed by atoms with Gasteiger partial charge in [0, 0.05) is 6.42 Å². The van der Waals surface area contributed by atoms with Crippen LogP contribution >= 0.6 is 11.3 Å². The minimum atomic E-state index is -6.72. The van der Waals surface area contributed by atoms with Crippen molar-refractivity contribution in [3.63, 3.8) is 0 Å². The van der Waals surface area contributed by atoms with Gasteiger partial charge in [-0.25, -0.2) is 16.8 Å². The number of thiazole rings is 1. The van der Waals surface area contributed by atoms with Gasteiger partial charge in [0.15, 0.2) is 26.2 Å². The quantitative estimate of drug-likeness (QED) is 0.419. The summed E-state index contributed by atoms with van der Waals surface area (Å²) in [6, 6.07) is 2.95. The zero-order valence-electron chi connectivity index (χ0n) is 11.5. The zero-order chi connectivity index (χ0) is 19.2. The normalized spacial score (nSPS) is 12.6. The molecule has 0 unspecified atom stereocenters. The van der Waals surface area contributed by atoms with E-state index in [9.17, 15) is 43.2 Å². The van der Waals surface area contributed by atoms with Gasteiger partial charge in [0.2, 0.25) is 11.6 Å². The van der Waals surface area contributed by atoms with Crippen LogP contribution in [0.3, 0.4) is 0 Å². The number of alkyl halides is 6. The average molecular weight is 418 g/mol. The minimum absolute atomic E-state index is 0.778. The first-order valence-corrected chi connectivity index (χ1v) is 9.25. The largest absolute Gasteiger partial charge is 0.480 e. The van der Waals surface area contributed by atoms with Crippen LogP contribution in [0.4, 0.5) is 26.3 Å². The number of hydrogen-bond acceptors (Lipinski definition) is 5. The fraction of sp³-hybridized carbons (Fsp3) is 0.444. The smallest absolute Gasteiger partial charge is 0.421 e. The van der Waals surface area contributed by atoms with Gasteiger partial charge in [-0.1, -0.05) is 18.3 Å². The fourth-order valence-electron chi connectivity index (χ4n) is 0.684. The lowest BCUT2D eigenvalue weighted by atomic mass is 10.5. The summed E-state index contributed by atoms with van der Waals surface area (Å²) in [5.74, 6) is 2.97. The summed E-state index contributed by atoms with van der Waals surface area (Å²) in [7, 11) is -13.4. The van der Waals surface area contributed by atoms with Gasteiger partial charge in [-0.05, 0) is 5.92 Å². The molecule has 0 aromatic carbocycles. The third kappa shape index (κ3) is 7.03. The van der Waals surface area contributed by atoms with Crippen molar-refractivity contribution >= 4 is 31.4 Å². The molecule has 0 saturated carbocycles. The van der Waals surface area contributed by atoms with Gasteiger partial charge < -0.3 is 4.13 Å². The number of aromatic nitrogens is 1. The first-order valence-electron chi connectivity index (χ1n) is 5.43. The van der Waals surface area contributed by atoms with E-state index < -0.39 is 31.1 Å². The Hall–Kier alpha value is -1.37. The van der Waals surface area contributed by atoms with Crippen molar-refractivity contribution in [1.29, 1.82) is 0 Å². The maximum atomic E-state index is 11.4. The van der Waals surface area contributed by atoms with Gasteiger partial charge in [0.25, 0.3) is 0 Å². The Labute approximate surface area is 137 Å². The van der Waals surface area contributed by atoms with E-state index in [0.29, 0.717) is 0 Å². The molecule has 6 nitrogen and oxygen atoms in total. The molecule has 15 heteroatoms. The Bertz CT molecular complexity index is 743. The van der Waals surface area contributed by atoms with Gasteiger partial charge in [-0.15, -0.1) is 4.57 Å². The summed E-state index contributed by atoms with van der Waals surface area (Å²) in [5.41, 5.74) is -10.4. The Morgan fingerprint density at radius 1 is 1.04 bits per heavy atom. The fourth-order valence-corrected chi connectivity index (χ4v) is 2.92. The molecule has 1 aromatic rings. The molecule has 1 heterocycles. The lowest BCUT2D eigenvalue weighted by molar-refractivity contribution is -0.577. The maximum Gasteiger partial charge on any atom is 0.480 e. The lowest BCUT2D eigenvalue weighted by Gasteiger charge is -2.22. The van der Waals surface area contributed by atoms with Crippen molar-refractivity contribution in [1.82, 2.24) is 0 Å². The van der Waals surface area contributed by atoms with Crippen LogP contribution in [0.1, 0.15) is 13.3 Å². The van der Waals surface area contributed by atoms with E-state index in [1.54, 1.807) is 11.3 Å². The monoisotopic (exact) mass is 418 g/mol. The second kappa shape index (κ2) is 8.14. The topological polar surface area (TPSA) is 86.3 Å². The van der Waals surface area contributed by atoms with E-state index in [2.05, 4.69) is 12.0 Å². The Morgan fingerprint density at radius 2 is 1.50 bits per heavy atom. The third-order valence-corrected chi connectivity index (χ3v) is 5.01. The van der Waals surface area contributed by atoms with E-state index in [4.69, 9.17) is 0 Å². The highest BCUT2D eigenvalue weighted by molar-refractivity contribution is 8.13. The molecule has 1 aromatic heterocycles. The van der Waals surface area contributed by atoms with Gasteiger partial charge >= 0.3 is 11.0 Å². The van der Waals surface area contributed by atoms with Crippen molar-refractivity contribution in [2.24, 2.45) is 0 Å². The summed E-state index contributed by atoms with van der Waals surface area (Å²) >= 11 is 1.65. The van der Waals surface area contributed by atoms with Crippen molar-refractivity contribution < 1.29 is 47.7 Å². The predicted octanol–water partition coefficient (Wildman–Crippen LogP) is 2.31.